The van der Waals surface area contributed by atoms with Crippen molar-refractivity contribution in [3.63, 3.8) is 0 Å². The number of anilines is 1. The van der Waals surface area contributed by atoms with Crippen molar-refractivity contribution in [2.24, 2.45) is 0 Å². The second-order valence-electron chi connectivity index (χ2n) is 5.13. The second kappa shape index (κ2) is 4.68. The lowest BCUT2D eigenvalue weighted by Gasteiger charge is -2.11. The molecule has 2 aromatic heterocycles. The summed E-state index contributed by atoms with van der Waals surface area (Å²) in [4.78, 5) is 4.70. The highest BCUT2D eigenvalue weighted by atomic mass is 35.5. The van der Waals surface area contributed by atoms with Crippen LogP contribution in [0.2, 0.25) is 5.02 Å². The summed E-state index contributed by atoms with van der Waals surface area (Å²) < 4.78 is 1.93. The highest BCUT2D eigenvalue weighted by Crippen LogP contribution is 2.34. The standard InChI is InChI=1S/C16H12ClN5/c1-9-16-21-19-8-22(16)14-4-2-3-11(15(14)20-9)12-7-10(18)5-6-13(12)17/h2-8H,18H2,1H3. The summed E-state index contributed by atoms with van der Waals surface area (Å²) in [5, 5.41) is 8.72. The Hall–Kier alpha value is -2.66. The van der Waals surface area contributed by atoms with E-state index in [1.807, 2.05) is 35.6 Å². The van der Waals surface area contributed by atoms with Crippen molar-refractivity contribution in [2.45, 2.75) is 6.92 Å². The molecule has 2 aromatic carbocycles. The van der Waals surface area contributed by atoms with Gasteiger partial charge in [-0.3, -0.25) is 4.40 Å². The van der Waals surface area contributed by atoms with Gasteiger partial charge in [-0.2, -0.15) is 0 Å². The number of nitrogen functional groups attached to an aromatic ring is 1. The summed E-state index contributed by atoms with van der Waals surface area (Å²) in [5.74, 6) is 0. The molecule has 0 aliphatic heterocycles. The first kappa shape index (κ1) is 13.0. The maximum Gasteiger partial charge on any atom is 0.182 e. The van der Waals surface area contributed by atoms with Crippen LogP contribution in [0.3, 0.4) is 0 Å². The number of fused-ring (bicyclic) bond motifs is 3. The third-order valence-corrected chi connectivity index (χ3v) is 4.04. The fourth-order valence-electron chi connectivity index (χ4n) is 2.69. The van der Waals surface area contributed by atoms with Crippen LogP contribution in [0.5, 0.6) is 0 Å². The maximum absolute atomic E-state index is 6.35. The normalized spacial score (nSPS) is 11.4. The van der Waals surface area contributed by atoms with Gasteiger partial charge in [-0.15, -0.1) is 10.2 Å². The van der Waals surface area contributed by atoms with Gasteiger partial charge in [0, 0.05) is 21.8 Å². The Balaban J connectivity index is 2.15. The molecule has 0 atom stereocenters. The molecule has 0 fully saturated rings. The van der Waals surface area contributed by atoms with Crippen LogP contribution in [0.15, 0.2) is 42.7 Å². The quantitative estimate of drug-likeness (QED) is 0.546. The number of benzene rings is 2. The number of rotatable bonds is 1. The van der Waals surface area contributed by atoms with E-state index in [0.717, 1.165) is 33.5 Å². The number of aromatic nitrogens is 4. The molecule has 5 nitrogen and oxygen atoms in total. The van der Waals surface area contributed by atoms with E-state index in [-0.39, 0.29) is 0 Å². The van der Waals surface area contributed by atoms with E-state index in [9.17, 15) is 0 Å². The fourth-order valence-corrected chi connectivity index (χ4v) is 2.90. The van der Waals surface area contributed by atoms with Crippen molar-refractivity contribution in [3.05, 3.63) is 53.4 Å². The molecule has 0 unspecified atom stereocenters. The van der Waals surface area contributed by atoms with Crippen molar-refractivity contribution >= 4 is 34.0 Å². The Morgan fingerprint density at radius 3 is 2.86 bits per heavy atom. The van der Waals surface area contributed by atoms with Gasteiger partial charge in [0.25, 0.3) is 0 Å². The van der Waals surface area contributed by atoms with E-state index in [4.69, 9.17) is 22.3 Å². The monoisotopic (exact) mass is 309 g/mol. The zero-order chi connectivity index (χ0) is 15.3. The summed E-state index contributed by atoms with van der Waals surface area (Å²) >= 11 is 6.35. The zero-order valence-electron chi connectivity index (χ0n) is 11.8. The highest BCUT2D eigenvalue weighted by molar-refractivity contribution is 6.33. The smallest absolute Gasteiger partial charge is 0.182 e. The average molecular weight is 310 g/mol. The van der Waals surface area contributed by atoms with Gasteiger partial charge in [-0.05, 0) is 31.2 Å². The first-order valence-electron chi connectivity index (χ1n) is 6.79. The van der Waals surface area contributed by atoms with Gasteiger partial charge in [0.2, 0.25) is 0 Å². The highest BCUT2D eigenvalue weighted by Gasteiger charge is 2.13. The van der Waals surface area contributed by atoms with Crippen LogP contribution in [0.4, 0.5) is 5.69 Å². The lowest BCUT2D eigenvalue weighted by Crippen LogP contribution is -1.97. The van der Waals surface area contributed by atoms with Crippen molar-refractivity contribution < 1.29 is 0 Å². The Morgan fingerprint density at radius 1 is 1.14 bits per heavy atom. The first-order chi connectivity index (χ1) is 10.6. The molecule has 4 rings (SSSR count). The Kier molecular flexibility index (Phi) is 2.77. The topological polar surface area (TPSA) is 69.1 Å². The number of hydrogen-bond acceptors (Lipinski definition) is 4. The predicted octanol–water partition coefficient (Wildman–Crippen LogP) is 3.49. The number of aryl methyl sites for hydroxylation is 1. The van der Waals surface area contributed by atoms with Gasteiger partial charge in [0.15, 0.2) is 5.65 Å². The molecule has 0 spiro atoms. The molecule has 6 heteroatoms. The summed E-state index contributed by atoms with van der Waals surface area (Å²) in [5.41, 5.74) is 11.7. The summed E-state index contributed by atoms with van der Waals surface area (Å²) in [6, 6.07) is 11.4. The van der Waals surface area contributed by atoms with Crippen LogP contribution in [0.25, 0.3) is 27.8 Å². The number of nitrogens with two attached hydrogens (primary N) is 1. The third kappa shape index (κ3) is 1.83. The van der Waals surface area contributed by atoms with Gasteiger partial charge in [0.1, 0.15) is 6.33 Å². The van der Waals surface area contributed by atoms with E-state index in [1.165, 1.54) is 0 Å². The lowest BCUT2D eigenvalue weighted by molar-refractivity contribution is 1.10. The van der Waals surface area contributed by atoms with Gasteiger partial charge in [0.05, 0.1) is 16.7 Å². The Bertz CT molecular complexity index is 1020. The number of hydrogen-bond donors (Lipinski definition) is 1. The molecular formula is C16H12ClN5. The number of nitrogens with zero attached hydrogens (tertiary/aromatic N) is 4. The Labute approximate surface area is 131 Å². The molecular weight excluding hydrogens is 298 g/mol. The zero-order valence-corrected chi connectivity index (χ0v) is 12.5. The minimum Gasteiger partial charge on any atom is -0.399 e. The maximum atomic E-state index is 6.35. The van der Waals surface area contributed by atoms with E-state index >= 15 is 0 Å². The van der Waals surface area contributed by atoms with Crippen LogP contribution < -0.4 is 5.73 Å². The third-order valence-electron chi connectivity index (χ3n) is 3.71. The van der Waals surface area contributed by atoms with E-state index < -0.39 is 0 Å². The summed E-state index contributed by atoms with van der Waals surface area (Å²) in [6.07, 6.45) is 1.69. The van der Waals surface area contributed by atoms with Crippen LogP contribution >= 0.6 is 11.6 Å². The molecule has 0 saturated heterocycles. The van der Waals surface area contributed by atoms with Crippen LogP contribution in [0.1, 0.15) is 5.69 Å². The van der Waals surface area contributed by atoms with Crippen molar-refractivity contribution in [3.8, 4) is 11.1 Å². The van der Waals surface area contributed by atoms with Crippen LogP contribution in [-0.2, 0) is 0 Å². The molecule has 108 valence electrons. The molecule has 0 bridgehead atoms. The molecule has 0 radical (unpaired) electrons. The SMILES string of the molecule is Cc1nc2c(-c3cc(N)ccc3Cl)cccc2n2cnnc12. The fraction of sp³-hybridized carbons (Fsp3) is 0.0625. The molecule has 0 aliphatic carbocycles. The lowest BCUT2D eigenvalue weighted by atomic mass is 10.0. The number of para-hydroxylation sites is 1. The molecule has 2 N–H and O–H groups in total. The van der Waals surface area contributed by atoms with Gasteiger partial charge < -0.3 is 5.73 Å². The second-order valence-corrected chi connectivity index (χ2v) is 5.54. The molecule has 22 heavy (non-hydrogen) atoms. The first-order valence-corrected chi connectivity index (χ1v) is 7.17. The van der Waals surface area contributed by atoms with Crippen LogP contribution in [-0.4, -0.2) is 19.6 Å². The van der Waals surface area contributed by atoms with Gasteiger partial charge >= 0.3 is 0 Å². The van der Waals surface area contributed by atoms with Crippen molar-refractivity contribution in [2.75, 3.05) is 5.73 Å². The van der Waals surface area contributed by atoms with Gasteiger partial charge in [-0.1, -0.05) is 23.7 Å². The van der Waals surface area contributed by atoms with E-state index in [1.54, 1.807) is 18.5 Å². The van der Waals surface area contributed by atoms with E-state index in [0.29, 0.717) is 10.7 Å². The summed E-state index contributed by atoms with van der Waals surface area (Å²) in [6.45, 7) is 1.92. The largest absolute Gasteiger partial charge is 0.399 e. The Morgan fingerprint density at radius 2 is 2.00 bits per heavy atom. The molecule has 0 aliphatic rings. The molecule has 2 heterocycles. The molecule has 0 saturated carbocycles. The van der Waals surface area contributed by atoms with Crippen molar-refractivity contribution in [1.82, 2.24) is 19.6 Å². The average Bonchev–Trinajstić information content (AvgIpc) is 3.00. The van der Waals surface area contributed by atoms with E-state index in [2.05, 4.69) is 10.2 Å². The molecule has 4 aromatic rings. The predicted molar refractivity (Wildman–Crippen MR) is 87.9 cm³/mol. The molecule has 0 amide bonds. The minimum atomic E-state index is 0.644. The van der Waals surface area contributed by atoms with Crippen LogP contribution in [0, 0.1) is 6.92 Å². The van der Waals surface area contributed by atoms with Gasteiger partial charge in [-0.25, -0.2) is 4.98 Å². The summed E-state index contributed by atoms with van der Waals surface area (Å²) in [7, 11) is 0. The number of halogens is 1. The minimum absolute atomic E-state index is 0.644. The van der Waals surface area contributed by atoms with Crippen molar-refractivity contribution in [1.29, 1.82) is 0 Å².